The van der Waals surface area contributed by atoms with Crippen LogP contribution >= 0.6 is 0 Å². The van der Waals surface area contributed by atoms with E-state index in [1.807, 2.05) is 0 Å². The topological polar surface area (TPSA) is 54.0 Å². The van der Waals surface area contributed by atoms with Gasteiger partial charge in [0.1, 0.15) is 18.1 Å². The summed E-state index contributed by atoms with van der Waals surface area (Å²) in [5.74, 6) is 0.988. The maximum Gasteiger partial charge on any atom is 0.387 e. The number of hydrogen-bond donors (Lipinski definition) is 0. The van der Waals surface area contributed by atoms with E-state index in [-0.39, 0.29) is 30.5 Å². The zero-order chi connectivity index (χ0) is 19.4. The molecule has 0 bridgehead atoms. The van der Waals surface area contributed by atoms with Crippen LogP contribution in [0.25, 0.3) is 6.08 Å². The molecule has 0 aromatic heterocycles. The Morgan fingerprint density at radius 2 is 2.00 bits per heavy atom. The minimum atomic E-state index is -2.95. The van der Waals surface area contributed by atoms with Crippen molar-refractivity contribution >= 4 is 11.9 Å². The number of alkyl halides is 2. The van der Waals surface area contributed by atoms with Crippen LogP contribution in [0.3, 0.4) is 0 Å². The Labute approximate surface area is 155 Å². The molecule has 1 aliphatic heterocycles. The van der Waals surface area contributed by atoms with E-state index in [0.717, 1.165) is 0 Å². The average molecular weight is 376 g/mol. The number of rotatable bonds is 6. The summed E-state index contributed by atoms with van der Waals surface area (Å²) in [6, 6.07) is 9.53. The third-order valence-electron chi connectivity index (χ3n) is 3.93. The lowest BCUT2D eigenvalue weighted by atomic mass is 9.98. The standard InChI is InChI=1S/C20H18F2O5/c1-3-25-18-9-12(4-6-17(18)27-20(21)22)8-13-11-26-16-7-5-14(24-2)10-15(16)19(13)23/h4-10,20H,3,11H2,1-2H3/b13-8+. The van der Waals surface area contributed by atoms with Crippen LogP contribution in [0.5, 0.6) is 23.0 Å². The molecule has 1 aliphatic rings. The Morgan fingerprint density at radius 3 is 2.70 bits per heavy atom. The van der Waals surface area contributed by atoms with E-state index in [4.69, 9.17) is 14.2 Å². The minimum absolute atomic E-state index is 0.0599. The van der Waals surface area contributed by atoms with Gasteiger partial charge in [0.15, 0.2) is 17.3 Å². The van der Waals surface area contributed by atoms with Gasteiger partial charge in [-0.15, -0.1) is 0 Å². The first-order valence-corrected chi connectivity index (χ1v) is 8.29. The first-order valence-electron chi connectivity index (χ1n) is 8.29. The lowest BCUT2D eigenvalue weighted by Crippen LogP contribution is -2.19. The van der Waals surface area contributed by atoms with Gasteiger partial charge in [-0.2, -0.15) is 8.78 Å². The molecule has 0 spiro atoms. The highest BCUT2D eigenvalue weighted by atomic mass is 19.3. The molecule has 7 heteroatoms. The van der Waals surface area contributed by atoms with E-state index in [2.05, 4.69) is 4.74 Å². The van der Waals surface area contributed by atoms with Crippen LogP contribution in [0, 0.1) is 0 Å². The van der Waals surface area contributed by atoms with E-state index in [1.165, 1.54) is 13.2 Å². The van der Waals surface area contributed by atoms with Crippen molar-refractivity contribution in [2.45, 2.75) is 13.5 Å². The van der Waals surface area contributed by atoms with Gasteiger partial charge in [0, 0.05) is 5.57 Å². The van der Waals surface area contributed by atoms with Gasteiger partial charge in [0.05, 0.1) is 19.3 Å². The third kappa shape index (κ3) is 4.19. The summed E-state index contributed by atoms with van der Waals surface area (Å²) in [4.78, 5) is 12.8. The van der Waals surface area contributed by atoms with Gasteiger partial charge in [-0.05, 0) is 48.9 Å². The van der Waals surface area contributed by atoms with Crippen molar-refractivity contribution < 1.29 is 32.5 Å². The molecule has 2 aromatic carbocycles. The van der Waals surface area contributed by atoms with Gasteiger partial charge in [-0.3, -0.25) is 4.79 Å². The number of ketones is 1. The normalized spacial score (nSPS) is 14.7. The maximum atomic E-state index is 12.8. The number of hydrogen-bond acceptors (Lipinski definition) is 5. The zero-order valence-corrected chi connectivity index (χ0v) is 14.8. The first kappa shape index (κ1) is 18.7. The highest BCUT2D eigenvalue weighted by Crippen LogP contribution is 2.33. The Morgan fingerprint density at radius 1 is 1.19 bits per heavy atom. The fourth-order valence-electron chi connectivity index (χ4n) is 2.72. The second-order valence-electron chi connectivity index (χ2n) is 5.67. The SMILES string of the molecule is CCOc1cc(/C=C2\COc3ccc(OC)cc3C2=O)ccc1OC(F)F. The number of Topliss-reactive ketones (excluding diaryl/α,β-unsaturated/α-hetero) is 1. The molecule has 3 rings (SSSR count). The molecule has 1 heterocycles. The Bertz CT molecular complexity index is 877. The van der Waals surface area contributed by atoms with Gasteiger partial charge in [0.2, 0.25) is 0 Å². The summed E-state index contributed by atoms with van der Waals surface area (Å²) in [7, 11) is 1.52. The van der Waals surface area contributed by atoms with Crippen LogP contribution in [0.1, 0.15) is 22.8 Å². The summed E-state index contributed by atoms with van der Waals surface area (Å²) in [6.07, 6.45) is 1.64. The molecule has 0 N–H and O–H groups in total. The van der Waals surface area contributed by atoms with Crippen molar-refractivity contribution in [2.75, 3.05) is 20.3 Å². The van der Waals surface area contributed by atoms with Gasteiger partial charge in [-0.1, -0.05) is 6.07 Å². The molecule has 0 aliphatic carbocycles. The maximum absolute atomic E-state index is 12.8. The Balaban J connectivity index is 1.92. The van der Waals surface area contributed by atoms with E-state index >= 15 is 0 Å². The van der Waals surface area contributed by atoms with Crippen molar-refractivity contribution in [1.29, 1.82) is 0 Å². The van der Waals surface area contributed by atoms with Gasteiger partial charge in [0.25, 0.3) is 0 Å². The highest BCUT2D eigenvalue weighted by molar-refractivity contribution is 6.14. The Hall–Kier alpha value is -3.09. The number of benzene rings is 2. The van der Waals surface area contributed by atoms with Gasteiger partial charge >= 0.3 is 6.61 Å². The molecule has 0 saturated carbocycles. The number of carbonyl (C=O) groups is 1. The molecule has 5 nitrogen and oxygen atoms in total. The fourth-order valence-corrected chi connectivity index (χ4v) is 2.72. The molecule has 0 amide bonds. The predicted octanol–water partition coefficient (Wildman–Crippen LogP) is 4.35. The smallest absolute Gasteiger partial charge is 0.387 e. The van der Waals surface area contributed by atoms with Crippen LogP contribution in [-0.4, -0.2) is 32.7 Å². The number of carbonyl (C=O) groups excluding carboxylic acids is 1. The monoisotopic (exact) mass is 376 g/mol. The van der Waals surface area contributed by atoms with Crippen molar-refractivity contribution in [3.05, 3.63) is 53.1 Å². The predicted molar refractivity (Wildman–Crippen MR) is 95.0 cm³/mol. The molecule has 27 heavy (non-hydrogen) atoms. The number of halogens is 2. The van der Waals surface area contributed by atoms with Crippen LogP contribution < -0.4 is 18.9 Å². The quantitative estimate of drug-likeness (QED) is 0.702. The molecule has 0 saturated heterocycles. The largest absolute Gasteiger partial charge is 0.497 e. The molecule has 2 aromatic rings. The summed E-state index contributed by atoms with van der Waals surface area (Å²) in [5.41, 5.74) is 1.45. The van der Waals surface area contributed by atoms with Gasteiger partial charge < -0.3 is 18.9 Å². The fraction of sp³-hybridized carbons (Fsp3) is 0.250. The third-order valence-corrected chi connectivity index (χ3v) is 3.93. The lowest BCUT2D eigenvalue weighted by Gasteiger charge is -2.19. The number of fused-ring (bicyclic) bond motifs is 1. The highest BCUT2D eigenvalue weighted by Gasteiger charge is 2.24. The summed E-state index contributed by atoms with van der Waals surface area (Å²) in [6.45, 7) is -0.819. The summed E-state index contributed by atoms with van der Waals surface area (Å²) >= 11 is 0. The molecule has 0 unspecified atom stereocenters. The average Bonchev–Trinajstić information content (AvgIpc) is 2.66. The number of methoxy groups -OCH3 is 1. The van der Waals surface area contributed by atoms with Crippen molar-refractivity contribution in [3.63, 3.8) is 0 Å². The molecule has 0 atom stereocenters. The van der Waals surface area contributed by atoms with Gasteiger partial charge in [-0.25, -0.2) is 0 Å². The molecule has 142 valence electrons. The van der Waals surface area contributed by atoms with E-state index in [1.54, 1.807) is 43.3 Å². The Kier molecular flexibility index (Phi) is 5.59. The van der Waals surface area contributed by atoms with E-state index in [9.17, 15) is 13.6 Å². The molecule has 0 radical (unpaired) electrons. The second kappa shape index (κ2) is 8.07. The van der Waals surface area contributed by atoms with Crippen molar-refractivity contribution in [3.8, 4) is 23.0 Å². The van der Waals surface area contributed by atoms with Crippen LogP contribution in [0.4, 0.5) is 8.78 Å². The van der Waals surface area contributed by atoms with Crippen molar-refractivity contribution in [2.24, 2.45) is 0 Å². The summed E-state index contributed by atoms with van der Waals surface area (Å²) < 4.78 is 45.6. The van der Waals surface area contributed by atoms with E-state index < -0.39 is 6.61 Å². The lowest BCUT2D eigenvalue weighted by molar-refractivity contribution is -0.0514. The number of ether oxygens (including phenoxy) is 4. The van der Waals surface area contributed by atoms with Crippen LogP contribution in [0.2, 0.25) is 0 Å². The summed E-state index contributed by atoms with van der Waals surface area (Å²) in [5, 5.41) is 0. The molecular weight excluding hydrogens is 358 g/mol. The first-order chi connectivity index (χ1) is 13.0. The van der Waals surface area contributed by atoms with Crippen LogP contribution in [-0.2, 0) is 0 Å². The molecular formula is C20H18F2O5. The second-order valence-corrected chi connectivity index (χ2v) is 5.67. The molecule has 0 fully saturated rings. The van der Waals surface area contributed by atoms with E-state index in [0.29, 0.717) is 28.2 Å². The van der Waals surface area contributed by atoms with Crippen molar-refractivity contribution in [1.82, 2.24) is 0 Å². The van der Waals surface area contributed by atoms with Crippen LogP contribution in [0.15, 0.2) is 42.0 Å². The minimum Gasteiger partial charge on any atom is -0.497 e. The zero-order valence-electron chi connectivity index (χ0n) is 14.8.